The summed E-state index contributed by atoms with van der Waals surface area (Å²) in [4.78, 5) is 0. The van der Waals surface area contributed by atoms with Crippen LogP contribution in [0.3, 0.4) is 0 Å². The Bertz CT molecular complexity index is 144. The molecular formula is C9H20N2O. The average molecular weight is 172 g/mol. The molecule has 12 heavy (non-hydrogen) atoms. The molecule has 0 fully saturated rings. The second kappa shape index (κ2) is 5.77. The smallest absolute Gasteiger partial charge is 0.0751 e. The van der Waals surface area contributed by atoms with Crippen LogP contribution in [0.25, 0.3) is 0 Å². The summed E-state index contributed by atoms with van der Waals surface area (Å²) in [5, 5.41) is 16.0. The number of hydrogen-bond acceptors (Lipinski definition) is 2. The average Bonchev–Trinajstić information content (AvgIpc) is 1.87. The quantitative estimate of drug-likeness (QED) is 0.370. The molecule has 0 bridgehead atoms. The van der Waals surface area contributed by atoms with Crippen molar-refractivity contribution in [3.8, 4) is 0 Å². The lowest BCUT2D eigenvalue weighted by atomic mass is 10.4. The SMILES string of the molecule is C=C(C)C(=N)[O-].CC[N+](C)(C)C. The fourth-order valence-corrected chi connectivity index (χ4v) is 0. The predicted octanol–water partition coefficient (Wildman–Crippen LogP) is 0.613. The highest BCUT2D eigenvalue weighted by Gasteiger charge is 1.97. The normalized spacial score (nSPS) is 9.75. The van der Waals surface area contributed by atoms with Crippen molar-refractivity contribution >= 4 is 5.90 Å². The molecule has 0 heterocycles. The van der Waals surface area contributed by atoms with Crippen LogP contribution in [0.1, 0.15) is 13.8 Å². The molecule has 0 aliphatic heterocycles. The third kappa shape index (κ3) is 16.1. The van der Waals surface area contributed by atoms with Crippen molar-refractivity contribution < 1.29 is 9.59 Å². The first kappa shape index (κ1) is 13.7. The van der Waals surface area contributed by atoms with Crippen LogP contribution in [0.15, 0.2) is 12.2 Å². The molecule has 0 atom stereocenters. The minimum Gasteiger partial charge on any atom is -0.859 e. The minimum atomic E-state index is -0.685. The standard InChI is InChI=1S/C5H14N.C4H7NO/c1-5-6(2,3)4;1-3(2)4(5)6/h5H2,1-4H3;1H2,2H3,(H2,5,6)/q+1;/p-1. The highest BCUT2D eigenvalue weighted by Crippen LogP contribution is 1.83. The fourth-order valence-electron chi connectivity index (χ4n) is 0. The van der Waals surface area contributed by atoms with Gasteiger partial charge in [0, 0.05) is 0 Å². The summed E-state index contributed by atoms with van der Waals surface area (Å²) >= 11 is 0. The van der Waals surface area contributed by atoms with Gasteiger partial charge in [-0.15, -0.1) is 0 Å². The first-order valence-electron chi connectivity index (χ1n) is 3.92. The second-order valence-electron chi connectivity index (χ2n) is 3.72. The van der Waals surface area contributed by atoms with Crippen LogP contribution in [-0.2, 0) is 0 Å². The second-order valence-corrected chi connectivity index (χ2v) is 3.72. The van der Waals surface area contributed by atoms with Gasteiger partial charge in [0.2, 0.25) is 0 Å². The van der Waals surface area contributed by atoms with Gasteiger partial charge in [-0.25, -0.2) is 0 Å². The third-order valence-electron chi connectivity index (χ3n) is 1.34. The molecule has 0 radical (unpaired) electrons. The Labute approximate surface area is 75.4 Å². The molecule has 0 aromatic carbocycles. The van der Waals surface area contributed by atoms with Gasteiger partial charge in [-0.05, 0) is 25.3 Å². The van der Waals surface area contributed by atoms with Crippen LogP contribution in [0, 0.1) is 5.41 Å². The first-order chi connectivity index (χ1) is 5.20. The molecule has 0 aromatic rings. The van der Waals surface area contributed by atoms with Crippen LogP contribution in [0.2, 0.25) is 0 Å². The van der Waals surface area contributed by atoms with Crippen molar-refractivity contribution in [1.82, 2.24) is 0 Å². The number of rotatable bonds is 2. The Morgan fingerprint density at radius 3 is 1.58 bits per heavy atom. The molecule has 0 amide bonds. The van der Waals surface area contributed by atoms with Gasteiger partial charge >= 0.3 is 0 Å². The van der Waals surface area contributed by atoms with Crippen molar-refractivity contribution in [3.63, 3.8) is 0 Å². The fraction of sp³-hybridized carbons (Fsp3) is 0.667. The van der Waals surface area contributed by atoms with Gasteiger partial charge in [-0.1, -0.05) is 6.58 Å². The zero-order valence-corrected chi connectivity index (χ0v) is 8.77. The molecule has 0 aliphatic carbocycles. The van der Waals surface area contributed by atoms with E-state index in [9.17, 15) is 5.11 Å². The highest BCUT2D eigenvalue weighted by atomic mass is 16.3. The van der Waals surface area contributed by atoms with E-state index in [4.69, 9.17) is 5.41 Å². The Balaban J connectivity index is 0. The molecular weight excluding hydrogens is 152 g/mol. The lowest BCUT2D eigenvalue weighted by Gasteiger charge is -2.20. The van der Waals surface area contributed by atoms with E-state index in [1.807, 2.05) is 0 Å². The molecule has 0 aromatic heterocycles. The number of nitrogens with one attached hydrogen (secondary N) is 1. The van der Waals surface area contributed by atoms with Gasteiger partial charge in [0.15, 0.2) is 0 Å². The van der Waals surface area contributed by atoms with Gasteiger partial charge < -0.3 is 15.0 Å². The van der Waals surface area contributed by atoms with E-state index in [2.05, 4.69) is 34.6 Å². The summed E-state index contributed by atoms with van der Waals surface area (Å²) in [5.74, 6) is -0.685. The van der Waals surface area contributed by atoms with E-state index >= 15 is 0 Å². The van der Waals surface area contributed by atoms with E-state index < -0.39 is 5.90 Å². The monoisotopic (exact) mass is 172 g/mol. The molecule has 0 saturated heterocycles. The molecule has 3 heteroatoms. The Morgan fingerprint density at radius 1 is 1.42 bits per heavy atom. The molecule has 0 aliphatic rings. The highest BCUT2D eigenvalue weighted by molar-refractivity contribution is 5.85. The van der Waals surface area contributed by atoms with E-state index in [0.29, 0.717) is 0 Å². The number of quaternary nitrogens is 1. The molecule has 72 valence electrons. The van der Waals surface area contributed by atoms with E-state index in [0.717, 1.165) is 4.48 Å². The van der Waals surface area contributed by atoms with Gasteiger partial charge in [-0.3, -0.25) is 0 Å². The van der Waals surface area contributed by atoms with Crippen LogP contribution < -0.4 is 5.11 Å². The van der Waals surface area contributed by atoms with Crippen molar-refractivity contribution in [2.45, 2.75) is 13.8 Å². The van der Waals surface area contributed by atoms with E-state index in [-0.39, 0.29) is 5.57 Å². The van der Waals surface area contributed by atoms with Crippen molar-refractivity contribution in [2.24, 2.45) is 0 Å². The topological polar surface area (TPSA) is 46.9 Å². The molecule has 1 N–H and O–H groups in total. The summed E-state index contributed by atoms with van der Waals surface area (Å²) in [7, 11) is 6.54. The third-order valence-corrected chi connectivity index (χ3v) is 1.34. The largest absolute Gasteiger partial charge is 0.859 e. The lowest BCUT2D eigenvalue weighted by Crippen LogP contribution is -2.33. The summed E-state index contributed by atoms with van der Waals surface area (Å²) in [6.45, 7) is 8.12. The summed E-state index contributed by atoms with van der Waals surface area (Å²) in [6.07, 6.45) is 0. The van der Waals surface area contributed by atoms with E-state index in [1.165, 1.54) is 13.5 Å². The zero-order chi connectivity index (χ0) is 10.4. The minimum absolute atomic E-state index is 0.287. The van der Waals surface area contributed by atoms with Crippen LogP contribution in [0.4, 0.5) is 0 Å². The maximum Gasteiger partial charge on any atom is 0.0751 e. The maximum absolute atomic E-state index is 9.71. The summed E-state index contributed by atoms with van der Waals surface area (Å²) < 4.78 is 1.07. The lowest BCUT2D eigenvalue weighted by molar-refractivity contribution is -0.868. The molecule has 0 rings (SSSR count). The van der Waals surface area contributed by atoms with Crippen molar-refractivity contribution in [3.05, 3.63) is 12.2 Å². The Morgan fingerprint density at radius 2 is 1.58 bits per heavy atom. The van der Waals surface area contributed by atoms with Crippen LogP contribution in [0.5, 0.6) is 0 Å². The van der Waals surface area contributed by atoms with Gasteiger partial charge in [0.05, 0.1) is 27.7 Å². The zero-order valence-electron chi connectivity index (χ0n) is 8.77. The first-order valence-corrected chi connectivity index (χ1v) is 3.92. The molecule has 0 unspecified atom stereocenters. The maximum atomic E-state index is 9.71. The van der Waals surface area contributed by atoms with Gasteiger partial charge in [-0.2, -0.15) is 0 Å². The van der Waals surface area contributed by atoms with Crippen molar-refractivity contribution in [1.29, 1.82) is 5.41 Å². The summed E-state index contributed by atoms with van der Waals surface area (Å²) in [5.41, 5.74) is 0.287. The Kier molecular flexibility index (Phi) is 6.61. The molecule has 3 nitrogen and oxygen atoms in total. The summed E-state index contributed by atoms with van der Waals surface area (Å²) in [6, 6.07) is 0. The molecule has 0 spiro atoms. The van der Waals surface area contributed by atoms with Gasteiger partial charge in [0.25, 0.3) is 0 Å². The Hall–Kier alpha value is -0.830. The molecule has 0 saturated carbocycles. The van der Waals surface area contributed by atoms with Crippen LogP contribution in [-0.4, -0.2) is 38.1 Å². The van der Waals surface area contributed by atoms with Gasteiger partial charge in [0.1, 0.15) is 0 Å². The number of nitrogens with zero attached hydrogens (tertiary/aromatic N) is 1. The van der Waals surface area contributed by atoms with Crippen molar-refractivity contribution in [2.75, 3.05) is 27.7 Å². The van der Waals surface area contributed by atoms with E-state index in [1.54, 1.807) is 0 Å². The predicted molar refractivity (Wildman–Crippen MR) is 51.1 cm³/mol. The van der Waals surface area contributed by atoms with Crippen LogP contribution >= 0.6 is 0 Å². The number of hydrogen-bond donors (Lipinski definition) is 1.